The first-order valence-electron chi connectivity index (χ1n) is 7.30. The molecule has 3 N–H and O–H groups in total. The highest BCUT2D eigenvalue weighted by Gasteiger charge is 2.22. The molecule has 1 amide bonds. The molecule has 134 valence electrons. The van der Waals surface area contributed by atoms with Gasteiger partial charge in [0, 0.05) is 37.5 Å². The highest BCUT2D eigenvalue weighted by Crippen LogP contribution is 2.19. The molecule has 3 unspecified atom stereocenters. The molecule has 0 saturated carbocycles. The number of thiazole rings is 1. The zero-order chi connectivity index (χ0) is 15.4. The van der Waals surface area contributed by atoms with Crippen LogP contribution >= 0.6 is 36.2 Å². The monoisotopic (exact) mass is 384 g/mol. The second-order valence-electron chi connectivity index (χ2n) is 5.82. The molecule has 23 heavy (non-hydrogen) atoms. The van der Waals surface area contributed by atoms with Crippen molar-refractivity contribution < 1.29 is 9.53 Å². The quantitative estimate of drug-likeness (QED) is 0.813. The predicted octanol–water partition coefficient (Wildman–Crippen LogP) is 2.27. The molecule has 0 radical (unpaired) electrons. The Labute approximate surface area is 154 Å². The van der Waals surface area contributed by atoms with Gasteiger partial charge in [-0.2, -0.15) is 0 Å². The van der Waals surface area contributed by atoms with Crippen molar-refractivity contribution in [2.24, 2.45) is 5.73 Å². The largest absolute Gasteiger partial charge is 0.373 e. The highest BCUT2D eigenvalue weighted by molar-refractivity contribution is 7.13. The molecule has 2 heterocycles. The smallest absolute Gasteiger partial charge is 0.227 e. The molecule has 9 heteroatoms. The first kappa shape index (κ1) is 22.6. The summed E-state index contributed by atoms with van der Waals surface area (Å²) in [5.74, 6) is -0.0838. The maximum atomic E-state index is 11.7. The van der Waals surface area contributed by atoms with Gasteiger partial charge < -0.3 is 15.8 Å². The minimum Gasteiger partial charge on any atom is -0.373 e. The number of nitrogens with one attached hydrogen (secondary N) is 1. The van der Waals surface area contributed by atoms with Gasteiger partial charge in [-0.15, -0.1) is 36.2 Å². The average molecular weight is 385 g/mol. The van der Waals surface area contributed by atoms with Crippen LogP contribution in [0.15, 0.2) is 5.38 Å². The molecular weight excluding hydrogens is 359 g/mol. The van der Waals surface area contributed by atoms with E-state index in [2.05, 4.69) is 29.0 Å². The Morgan fingerprint density at radius 2 is 2.09 bits per heavy atom. The molecule has 1 aromatic heterocycles. The molecule has 1 saturated heterocycles. The Hall–Kier alpha value is -0.440. The molecular formula is C14H26Cl2N4O2S. The minimum absolute atomic E-state index is 0. The zero-order valence-corrected chi connectivity index (χ0v) is 16.1. The average Bonchev–Trinajstić information content (AvgIpc) is 2.73. The number of hydrogen-bond acceptors (Lipinski definition) is 6. The van der Waals surface area contributed by atoms with Gasteiger partial charge in [-0.25, -0.2) is 4.98 Å². The third-order valence-corrected chi connectivity index (χ3v) is 3.99. The van der Waals surface area contributed by atoms with Gasteiger partial charge >= 0.3 is 0 Å². The van der Waals surface area contributed by atoms with E-state index in [1.165, 1.54) is 11.3 Å². The summed E-state index contributed by atoms with van der Waals surface area (Å²) in [6.45, 7) is 8.60. The van der Waals surface area contributed by atoms with E-state index in [1.807, 2.05) is 12.3 Å². The number of rotatable bonds is 5. The Kier molecular flexibility index (Phi) is 10.2. The number of nitrogens with zero attached hydrogens (tertiary/aromatic N) is 2. The number of nitrogens with two attached hydrogens (primary N) is 1. The van der Waals surface area contributed by atoms with E-state index in [0.717, 1.165) is 25.3 Å². The summed E-state index contributed by atoms with van der Waals surface area (Å²) in [6, 6.07) is -0.138. The third kappa shape index (κ3) is 7.78. The molecule has 2 rings (SSSR count). The van der Waals surface area contributed by atoms with Crippen molar-refractivity contribution in [3.63, 3.8) is 0 Å². The molecule has 0 spiro atoms. The van der Waals surface area contributed by atoms with Gasteiger partial charge in [-0.05, 0) is 20.8 Å². The number of aromatic nitrogens is 1. The summed E-state index contributed by atoms with van der Waals surface area (Å²) in [4.78, 5) is 18.5. The van der Waals surface area contributed by atoms with Crippen LogP contribution in [-0.2, 0) is 16.1 Å². The Morgan fingerprint density at radius 1 is 1.48 bits per heavy atom. The molecule has 0 aromatic carbocycles. The summed E-state index contributed by atoms with van der Waals surface area (Å²) in [6.07, 6.45) is 0.808. The summed E-state index contributed by atoms with van der Waals surface area (Å²) in [5.41, 5.74) is 6.59. The van der Waals surface area contributed by atoms with Crippen LogP contribution in [0.1, 0.15) is 32.9 Å². The molecule has 6 nitrogen and oxygen atoms in total. The van der Waals surface area contributed by atoms with Gasteiger partial charge in [0.05, 0.1) is 17.9 Å². The van der Waals surface area contributed by atoms with Crippen LogP contribution in [0, 0.1) is 0 Å². The lowest BCUT2D eigenvalue weighted by atomic mass is 10.2. The lowest BCUT2D eigenvalue weighted by molar-refractivity contribution is -0.116. The fourth-order valence-electron chi connectivity index (χ4n) is 2.54. The Morgan fingerprint density at radius 3 is 2.65 bits per heavy atom. The van der Waals surface area contributed by atoms with Crippen molar-refractivity contribution >= 4 is 47.2 Å². The van der Waals surface area contributed by atoms with Gasteiger partial charge in [0.25, 0.3) is 0 Å². The molecule has 1 aliphatic heterocycles. The topological polar surface area (TPSA) is 80.5 Å². The van der Waals surface area contributed by atoms with Crippen LogP contribution in [0.5, 0.6) is 0 Å². The number of amides is 1. The van der Waals surface area contributed by atoms with Gasteiger partial charge in [-0.3, -0.25) is 9.69 Å². The fraction of sp³-hybridized carbons (Fsp3) is 0.714. The molecule has 1 fully saturated rings. The van der Waals surface area contributed by atoms with Crippen molar-refractivity contribution in [1.82, 2.24) is 9.88 Å². The molecule has 0 aliphatic carbocycles. The standard InChI is InChI=1S/C14H24N4O2S.2ClH/c1-9(15)4-13(19)17-14-16-12(8-21-14)7-18-5-10(2)20-11(3)6-18;;/h8-11H,4-7,15H2,1-3H3,(H,16,17,19);2*1H. The third-order valence-electron chi connectivity index (χ3n) is 3.19. The second-order valence-corrected chi connectivity index (χ2v) is 6.68. The van der Waals surface area contributed by atoms with Gasteiger partial charge in [0.15, 0.2) is 5.13 Å². The molecule has 0 bridgehead atoms. The normalized spacial score (nSPS) is 22.6. The molecule has 1 aromatic rings. The van der Waals surface area contributed by atoms with Crippen LogP contribution < -0.4 is 11.1 Å². The lowest BCUT2D eigenvalue weighted by Crippen LogP contribution is -2.44. The number of anilines is 1. The summed E-state index contributed by atoms with van der Waals surface area (Å²) in [7, 11) is 0. The van der Waals surface area contributed by atoms with E-state index < -0.39 is 0 Å². The van der Waals surface area contributed by atoms with Crippen molar-refractivity contribution in [3.8, 4) is 0 Å². The van der Waals surface area contributed by atoms with Crippen molar-refractivity contribution in [3.05, 3.63) is 11.1 Å². The van der Waals surface area contributed by atoms with Crippen molar-refractivity contribution in [1.29, 1.82) is 0 Å². The molecule has 1 aliphatic rings. The van der Waals surface area contributed by atoms with Gasteiger partial charge in [0.2, 0.25) is 5.91 Å². The highest BCUT2D eigenvalue weighted by atomic mass is 35.5. The SMILES string of the molecule is CC(N)CC(=O)Nc1nc(CN2CC(C)OC(C)C2)cs1.Cl.Cl. The zero-order valence-electron chi connectivity index (χ0n) is 13.7. The first-order valence-corrected chi connectivity index (χ1v) is 8.18. The maximum absolute atomic E-state index is 11.7. The minimum atomic E-state index is -0.138. The summed E-state index contributed by atoms with van der Waals surface area (Å²) < 4.78 is 5.72. The Bertz CT molecular complexity index is 477. The van der Waals surface area contributed by atoms with E-state index in [4.69, 9.17) is 10.5 Å². The number of carbonyl (C=O) groups excluding carboxylic acids is 1. The number of carbonyl (C=O) groups is 1. The van der Waals surface area contributed by atoms with E-state index in [0.29, 0.717) is 11.6 Å². The molecule has 3 atom stereocenters. The van der Waals surface area contributed by atoms with Crippen molar-refractivity contribution in [2.75, 3.05) is 18.4 Å². The van der Waals surface area contributed by atoms with Crippen LogP contribution in [0.2, 0.25) is 0 Å². The van der Waals surface area contributed by atoms with E-state index >= 15 is 0 Å². The number of morpholine rings is 1. The second kappa shape index (κ2) is 10.4. The first-order chi connectivity index (χ1) is 9.92. The lowest BCUT2D eigenvalue weighted by Gasteiger charge is -2.34. The van der Waals surface area contributed by atoms with E-state index in [-0.39, 0.29) is 49.0 Å². The van der Waals surface area contributed by atoms with Crippen molar-refractivity contribution in [2.45, 2.75) is 52.0 Å². The summed E-state index contributed by atoms with van der Waals surface area (Å²) in [5, 5.41) is 5.43. The van der Waals surface area contributed by atoms with Crippen LogP contribution in [0.25, 0.3) is 0 Å². The summed E-state index contributed by atoms with van der Waals surface area (Å²) >= 11 is 1.45. The van der Waals surface area contributed by atoms with Gasteiger partial charge in [0.1, 0.15) is 0 Å². The predicted molar refractivity (Wildman–Crippen MR) is 98.8 cm³/mol. The van der Waals surface area contributed by atoms with Crippen LogP contribution in [0.4, 0.5) is 5.13 Å². The number of ether oxygens (including phenoxy) is 1. The number of halogens is 2. The van der Waals surface area contributed by atoms with Crippen LogP contribution in [-0.4, -0.2) is 47.1 Å². The van der Waals surface area contributed by atoms with E-state index in [9.17, 15) is 4.79 Å². The fourth-order valence-corrected chi connectivity index (χ4v) is 3.26. The van der Waals surface area contributed by atoms with Crippen LogP contribution in [0.3, 0.4) is 0 Å². The Balaban J connectivity index is 0.00000242. The van der Waals surface area contributed by atoms with Gasteiger partial charge in [-0.1, -0.05) is 0 Å². The van der Waals surface area contributed by atoms with E-state index in [1.54, 1.807) is 0 Å². The number of hydrogen-bond donors (Lipinski definition) is 2. The maximum Gasteiger partial charge on any atom is 0.227 e.